The zero-order valence-corrected chi connectivity index (χ0v) is 13.2. The monoisotopic (exact) mass is 299 g/mol. The lowest BCUT2D eigenvalue weighted by molar-refractivity contribution is 0.886. The molecule has 1 fully saturated rings. The number of hydrogen-bond donors (Lipinski definition) is 1. The summed E-state index contributed by atoms with van der Waals surface area (Å²) in [5.74, 6) is 2.31. The van der Waals surface area contributed by atoms with Gasteiger partial charge in [-0.05, 0) is 19.8 Å². The van der Waals surface area contributed by atoms with Gasteiger partial charge in [-0.15, -0.1) is 0 Å². The Labute approximate surface area is 130 Å². The zero-order valence-electron chi connectivity index (χ0n) is 12.4. The summed E-state index contributed by atoms with van der Waals surface area (Å²) < 4.78 is 0. The molecule has 1 aliphatic carbocycles. The molecule has 2 N–H and O–H groups in total. The normalized spacial score (nSPS) is 15.5. The number of benzene rings is 1. The van der Waals surface area contributed by atoms with Crippen molar-refractivity contribution in [2.24, 2.45) is 0 Å². The van der Waals surface area contributed by atoms with Crippen LogP contribution in [0.4, 0.5) is 5.82 Å². The first-order chi connectivity index (χ1) is 10.2. The summed E-state index contributed by atoms with van der Waals surface area (Å²) >= 11 is 1.98. The Hall–Kier alpha value is -1.55. The molecule has 1 aliphatic rings. The maximum Gasteiger partial charge on any atom is 0.141 e. The average Bonchev–Trinajstić information content (AvgIpc) is 3.02. The molecule has 3 nitrogen and oxygen atoms in total. The molecule has 0 amide bonds. The third-order valence-corrected chi connectivity index (χ3v) is 5.40. The van der Waals surface area contributed by atoms with Gasteiger partial charge >= 0.3 is 0 Å². The van der Waals surface area contributed by atoms with Gasteiger partial charge in [-0.3, -0.25) is 0 Å². The van der Waals surface area contributed by atoms with E-state index in [2.05, 4.69) is 17.1 Å². The first kappa shape index (κ1) is 14.4. The van der Waals surface area contributed by atoms with Crippen molar-refractivity contribution >= 4 is 17.6 Å². The summed E-state index contributed by atoms with van der Waals surface area (Å²) in [5, 5.41) is 0.774. The van der Waals surface area contributed by atoms with Crippen LogP contribution in [0.3, 0.4) is 0 Å². The number of rotatable bonds is 4. The van der Waals surface area contributed by atoms with E-state index in [1.807, 2.05) is 36.9 Å². The van der Waals surface area contributed by atoms with E-state index in [1.54, 1.807) is 0 Å². The fourth-order valence-electron chi connectivity index (χ4n) is 2.77. The fraction of sp³-hybridized carbons (Fsp3) is 0.412. The van der Waals surface area contributed by atoms with E-state index < -0.39 is 0 Å². The lowest BCUT2D eigenvalue weighted by Gasteiger charge is -2.12. The first-order valence-electron chi connectivity index (χ1n) is 7.54. The lowest BCUT2D eigenvalue weighted by Crippen LogP contribution is -2.05. The molecule has 3 rings (SSSR count). The van der Waals surface area contributed by atoms with Crippen LogP contribution in [0.1, 0.15) is 37.1 Å². The molecular formula is C17H21N3S. The van der Waals surface area contributed by atoms with Crippen molar-refractivity contribution in [1.29, 1.82) is 0 Å². The number of thioether (sulfide) groups is 1. The highest BCUT2D eigenvalue weighted by molar-refractivity contribution is 7.99. The standard InChI is InChI=1S/C17H21N3S/c1-12-16(13-7-3-2-4-8-13)19-15(20-17(12)18)11-21-14-9-5-6-10-14/h2-4,7-8,14H,5-6,9-11H2,1H3,(H2,18,19,20). The molecule has 0 radical (unpaired) electrons. The summed E-state index contributed by atoms with van der Waals surface area (Å²) in [5.41, 5.74) is 9.12. The zero-order chi connectivity index (χ0) is 14.7. The Kier molecular flexibility index (Phi) is 4.44. The molecule has 1 aromatic heterocycles. The SMILES string of the molecule is Cc1c(N)nc(CSC2CCCC2)nc1-c1ccccc1. The van der Waals surface area contributed by atoms with Crippen LogP contribution in [0, 0.1) is 6.92 Å². The minimum atomic E-state index is 0.603. The van der Waals surface area contributed by atoms with Crippen LogP contribution in [0.5, 0.6) is 0 Å². The van der Waals surface area contributed by atoms with E-state index in [0.717, 1.165) is 33.6 Å². The van der Waals surface area contributed by atoms with Crippen molar-refractivity contribution in [2.75, 3.05) is 5.73 Å². The Bertz CT molecular complexity index is 607. The van der Waals surface area contributed by atoms with Crippen LogP contribution in [0.2, 0.25) is 0 Å². The molecular weight excluding hydrogens is 278 g/mol. The van der Waals surface area contributed by atoms with Crippen molar-refractivity contribution in [3.05, 3.63) is 41.7 Å². The summed E-state index contributed by atoms with van der Waals surface area (Å²) in [6.07, 6.45) is 5.39. The van der Waals surface area contributed by atoms with Gasteiger partial charge in [-0.1, -0.05) is 43.2 Å². The smallest absolute Gasteiger partial charge is 0.141 e. The van der Waals surface area contributed by atoms with Crippen molar-refractivity contribution < 1.29 is 0 Å². The Morgan fingerprint density at radius 2 is 1.86 bits per heavy atom. The topological polar surface area (TPSA) is 51.8 Å². The molecule has 2 aromatic rings. The number of nitrogen functional groups attached to an aromatic ring is 1. The van der Waals surface area contributed by atoms with Gasteiger partial charge in [0.1, 0.15) is 11.6 Å². The Morgan fingerprint density at radius 1 is 1.14 bits per heavy atom. The number of hydrogen-bond acceptors (Lipinski definition) is 4. The van der Waals surface area contributed by atoms with Crippen LogP contribution in [0.25, 0.3) is 11.3 Å². The van der Waals surface area contributed by atoms with Gasteiger partial charge in [0, 0.05) is 16.4 Å². The number of nitrogens with zero attached hydrogens (tertiary/aromatic N) is 2. The third-order valence-electron chi connectivity index (χ3n) is 4.03. The molecule has 4 heteroatoms. The minimum absolute atomic E-state index is 0.603. The molecule has 1 aromatic carbocycles. The van der Waals surface area contributed by atoms with Gasteiger partial charge in [0.05, 0.1) is 11.4 Å². The van der Waals surface area contributed by atoms with Crippen molar-refractivity contribution in [2.45, 2.75) is 43.6 Å². The van der Waals surface area contributed by atoms with E-state index in [0.29, 0.717) is 5.82 Å². The van der Waals surface area contributed by atoms with E-state index in [-0.39, 0.29) is 0 Å². The highest BCUT2D eigenvalue weighted by Crippen LogP contribution is 2.32. The van der Waals surface area contributed by atoms with Gasteiger partial charge in [-0.25, -0.2) is 9.97 Å². The van der Waals surface area contributed by atoms with E-state index >= 15 is 0 Å². The third kappa shape index (κ3) is 3.38. The van der Waals surface area contributed by atoms with Crippen LogP contribution in [-0.4, -0.2) is 15.2 Å². The predicted molar refractivity (Wildman–Crippen MR) is 90.2 cm³/mol. The highest BCUT2D eigenvalue weighted by Gasteiger charge is 2.17. The first-order valence-corrected chi connectivity index (χ1v) is 8.59. The van der Waals surface area contributed by atoms with Gasteiger partial charge in [0.25, 0.3) is 0 Å². The maximum atomic E-state index is 6.08. The van der Waals surface area contributed by atoms with Crippen molar-refractivity contribution in [3.8, 4) is 11.3 Å². The molecule has 21 heavy (non-hydrogen) atoms. The maximum absolute atomic E-state index is 6.08. The van der Waals surface area contributed by atoms with Crippen LogP contribution >= 0.6 is 11.8 Å². The molecule has 110 valence electrons. The van der Waals surface area contributed by atoms with Crippen molar-refractivity contribution in [1.82, 2.24) is 9.97 Å². The summed E-state index contributed by atoms with van der Waals surface area (Å²) in [6.45, 7) is 1.99. The van der Waals surface area contributed by atoms with Crippen molar-refractivity contribution in [3.63, 3.8) is 0 Å². The second-order valence-electron chi connectivity index (χ2n) is 5.58. The molecule has 1 heterocycles. The van der Waals surface area contributed by atoms with Gasteiger partial charge in [0.2, 0.25) is 0 Å². The summed E-state index contributed by atoms with van der Waals surface area (Å²) in [7, 11) is 0. The van der Waals surface area contributed by atoms with E-state index in [9.17, 15) is 0 Å². The Morgan fingerprint density at radius 3 is 2.57 bits per heavy atom. The molecule has 1 saturated carbocycles. The number of nitrogens with two attached hydrogens (primary N) is 1. The molecule has 0 bridgehead atoms. The minimum Gasteiger partial charge on any atom is -0.383 e. The molecule has 0 aliphatic heterocycles. The predicted octanol–water partition coefficient (Wildman–Crippen LogP) is 4.21. The number of aromatic nitrogens is 2. The second kappa shape index (κ2) is 6.48. The second-order valence-corrected chi connectivity index (χ2v) is 6.87. The molecule has 0 spiro atoms. The van der Waals surface area contributed by atoms with E-state index in [4.69, 9.17) is 10.7 Å². The average molecular weight is 299 g/mol. The van der Waals surface area contributed by atoms with Gasteiger partial charge in [-0.2, -0.15) is 11.8 Å². The van der Waals surface area contributed by atoms with Gasteiger partial charge < -0.3 is 5.73 Å². The molecule has 0 atom stereocenters. The Balaban J connectivity index is 1.83. The fourth-order valence-corrected chi connectivity index (χ4v) is 3.95. The van der Waals surface area contributed by atoms with Crippen LogP contribution in [0.15, 0.2) is 30.3 Å². The largest absolute Gasteiger partial charge is 0.383 e. The van der Waals surface area contributed by atoms with Gasteiger partial charge in [0.15, 0.2) is 0 Å². The highest BCUT2D eigenvalue weighted by atomic mass is 32.2. The summed E-state index contributed by atoms with van der Waals surface area (Å²) in [6, 6.07) is 10.2. The molecule has 0 unspecified atom stereocenters. The van der Waals surface area contributed by atoms with E-state index in [1.165, 1.54) is 25.7 Å². The number of anilines is 1. The van der Waals surface area contributed by atoms with Crippen LogP contribution in [-0.2, 0) is 5.75 Å². The lowest BCUT2D eigenvalue weighted by atomic mass is 10.1. The molecule has 0 saturated heterocycles. The van der Waals surface area contributed by atoms with Crippen LogP contribution < -0.4 is 5.73 Å². The quantitative estimate of drug-likeness (QED) is 0.918. The summed E-state index contributed by atoms with van der Waals surface area (Å²) in [4.78, 5) is 9.22.